The minimum absolute atomic E-state index is 0.316. The summed E-state index contributed by atoms with van der Waals surface area (Å²) in [6, 6.07) is 4.22. The quantitative estimate of drug-likeness (QED) is 0.841. The third-order valence-electron chi connectivity index (χ3n) is 2.73. The van der Waals surface area contributed by atoms with Gasteiger partial charge in [0.2, 0.25) is 0 Å². The van der Waals surface area contributed by atoms with Crippen LogP contribution in [-0.4, -0.2) is 9.97 Å². The van der Waals surface area contributed by atoms with Crippen LogP contribution in [0.4, 0.5) is 5.82 Å². The lowest BCUT2D eigenvalue weighted by atomic mass is 9.97. The van der Waals surface area contributed by atoms with Crippen molar-refractivity contribution < 1.29 is 0 Å². The number of nitrogens with two attached hydrogens (primary N) is 1. The van der Waals surface area contributed by atoms with Gasteiger partial charge in [0.15, 0.2) is 0 Å². The first-order valence-corrected chi connectivity index (χ1v) is 5.72. The van der Waals surface area contributed by atoms with E-state index in [1.54, 1.807) is 0 Å². The molecule has 2 N–H and O–H groups in total. The summed E-state index contributed by atoms with van der Waals surface area (Å²) in [6.45, 7) is 6.16. The van der Waals surface area contributed by atoms with Crippen molar-refractivity contribution in [2.75, 3.05) is 5.73 Å². The van der Waals surface area contributed by atoms with Crippen molar-refractivity contribution in [3.8, 4) is 11.3 Å². The van der Waals surface area contributed by atoms with Gasteiger partial charge in [0.1, 0.15) is 17.2 Å². The topological polar surface area (TPSA) is 51.8 Å². The van der Waals surface area contributed by atoms with Crippen molar-refractivity contribution in [3.63, 3.8) is 0 Å². The zero-order chi connectivity index (χ0) is 12.6. The van der Waals surface area contributed by atoms with Crippen LogP contribution in [0, 0.1) is 20.8 Å². The zero-order valence-electron chi connectivity index (χ0n) is 10.1. The van der Waals surface area contributed by atoms with Gasteiger partial charge in [0.25, 0.3) is 0 Å². The number of anilines is 1. The molecule has 1 aromatic carbocycles. The molecule has 1 aromatic heterocycles. The molecule has 1 heterocycles. The van der Waals surface area contributed by atoms with Crippen molar-refractivity contribution in [1.29, 1.82) is 0 Å². The molecule has 0 saturated carbocycles. The lowest BCUT2D eigenvalue weighted by Crippen LogP contribution is -1.98. The molecule has 88 valence electrons. The lowest BCUT2D eigenvalue weighted by molar-refractivity contribution is 1.17. The van der Waals surface area contributed by atoms with E-state index in [-0.39, 0.29) is 0 Å². The van der Waals surface area contributed by atoms with Gasteiger partial charge in [0, 0.05) is 5.56 Å². The smallest absolute Gasteiger partial charge is 0.146 e. The van der Waals surface area contributed by atoms with E-state index in [0.29, 0.717) is 16.5 Å². The van der Waals surface area contributed by atoms with Gasteiger partial charge >= 0.3 is 0 Å². The second kappa shape index (κ2) is 4.34. The molecule has 0 aliphatic carbocycles. The fourth-order valence-electron chi connectivity index (χ4n) is 2.11. The van der Waals surface area contributed by atoms with Crippen LogP contribution in [0.1, 0.15) is 16.7 Å². The van der Waals surface area contributed by atoms with E-state index in [1.807, 2.05) is 13.8 Å². The Morgan fingerprint density at radius 3 is 2.24 bits per heavy atom. The third kappa shape index (κ3) is 2.11. The van der Waals surface area contributed by atoms with Crippen LogP contribution in [0.15, 0.2) is 18.5 Å². The Kier molecular flexibility index (Phi) is 3.03. The minimum Gasteiger partial charge on any atom is -0.382 e. The number of benzene rings is 1. The number of halogens is 1. The first-order chi connectivity index (χ1) is 8.00. The van der Waals surface area contributed by atoms with Gasteiger partial charge < -0.3 is 5.73 Å². The molecular formula is C13H14ClN3. The average Bonchev–Trinajstić information content (AvgIpc) is 2.23. The standard InChI is InChI=1S/C13H14ClN3/c1-7-4-8(2)10(9(3)5-7)12-11(14)13(15)17-6-16-12/h4-6H,1-3H3,(H2,15,16,17). The monoisotopic (exact) mass is 247 g/mol. The van der Waals surface area contributed by atoms with Crippen LogP contribution in [0.3, 0.4) is 0 Å². The van der Waals surface area contributed by atoms with Gasteiger partial charge in [-0.2, -0.15) is 0 Å². The van der Waals surface area contributed by atoms with E-state index >= 15 is 0 Å². The van der Waals surface area contributed by atoms with Crippen molar-refractivity contribution in [2.45, 2.75) is 20.8 Å². The SMILES string of the molecule is Cc1cc(C)c(-c2ncnc(N)c2Cl)c(C)c1. The van der Waals surface area contributed by atoms with Gasteiger partial charge in [-0.1, -0.05) is 29.3 Å². The molecule has 0 unspecified atom stereocenters. The summed E-state index contributed by atoms with van der Waals surface area (Å²) in [7, 11) is 0. The molecule has 3 nitrogen and oxygen atoms in total. The van der Waals surface area contributed by atoms with Crippen LogP contribution < -0.4 is 5.73 Å². The van der Waals surface area contributed by atoms with Crippen LogP contribution in [-0.2, 0) is 0 Å². The number of nitrogen functional groups attached to an aromatic ring is 1. The Bertz CT molecular complexity index is 556. The van der Waals surface area contributed by atoms with Gasteiger partial charge in [-0.3, -0.25) is 0 Å². The summed E-state index contributed by atoms with van der Waals surface area (Å²) in [4.78, 5) is 8.11. The maximum Gasteiger partial charge on any atom is 0.146 e. The first-order valence-electron chi connectivity index (χ1n) is 5.35. The van der Waals surface area contributed by atoms with Crippen LogP contribution in [0.2, 0.25) is 5.02 Å². The van der Waals surface area contributed by atoms with E-state index in [2.05, 4.69) is 29.0 Å². The Morgan fingerprint density at radius 2 is 1.65 bits per heavy atom. The van der Waals surface area contributed by atoms with Gasteiger partial charge in [0.05, 0.1) is 5.69 Å². The van der Waals surface area contributed by atoms with E-state index in [4.69, 9.17) is 17.3 Å². The molecule has 0 bridgehead atoms. The van der Waals surface area contributed by atoms with Crippen LogP contribution in [0.25, 0.3) is 11.3 Å². The number of aryl methyl sites for hydroxylation is 3. The Hall–Kier alpha value is -1.61. The fraction of sp³-hybridized carbons (Fsp3) is 0.231. The number of hydrogen-bond donors (Lipinski definition) is 1. The van der Waals surface area contributed by atoms with Crippen LogP contribution >= 0.6 is 11.6 Å². The minimum atomic E-state index is 0.316. The summed E-state index contributed by atoms with van der Waals surface area (Å²) < 4.78 is 0. The van der Waals surface area contributed by atoms with Crippen molar-refractivity contribution in [2.24, 2.45) is 0 Å². The van der Waals surface area contributed by atoms with E-state index in [9.17, 15) is 0 Å². The molecule has 0 aliphatic rings. The number of aromatic nitrogens is 2. The molecule has 0 fully saturated rings. The van der Waals surface area contributed by atoms with Gasteiger partial charge in [-0.25, -0.2) is 9.97 Å². The summed E-state index contributed by atoms with van der Waals surface area (Å²) >= 11 is 6.16. The Morgan fingerprint density at radius 1 is 1.06 bits per heavy atom. The van der Waals surface area contributed by atoms with Gasteiger partial charge in [-0.15, -0.1) is 0 Å². The predicted molar refractivity (Wildman–Crippen MR) is 71.1 cm³/mol. The largest absolute Gasteiger partial charge is 0.382 e. The molecule has 2 aromatic rings. The van der Waals surface area contributed by atoms with Gasteiger partial charge in [-0.05, 0) is 31.9 Å². The second-order valence-corrected chi connectivity index (χ2v) is 4.57. The summed E-state index contributed by atoms with van der Waals surface area (Å²) in [5.41, 5.74) is 11.0. The highest BCUT2D eigenvalue weighted by Gasteiger charge is 2.13. The molecule has 17 heavy (non-hydrogen) atoms. The molecule has 2 rings (SSSR count). The second-order valence-electron chi connectivity index (χ2n) is 4.20. The van der Waals surface area contributed by atoms with E-state index < -0.39 is 0 Å². The van der Waals surface area contributed by atoms with Crippen LogP contribution in [0.5, 0.6) is 0 Å². The van der Waals surface area contributed by atoms with Crippen molar-refractivity contribution >= 4 is 17.4 Å². The normalized spacial score (nSPS) is 10.6. The predicted octanol–water partition coefficient (Wildman–Crippen LogP) is 3.30. The lowest BCUT2D eigenvalue weighted by Gasteiger charge is -2.12. The molecule has 0 aliphatic heterocycles. The Labute approximate surface area is 106 Å². The molecule has 0 atom stereocenters. The third-order valence-corrected chi connectivity index (χ3v) is 3.10. The number of nitrogens with zero attached hydrogens (tertiary/aromatic N) is 2. The summed E-state index contributed by atoms with van der Waals surface area (Å²) in [6.07, 6.45) is 1.44. The first kappa shape index (κ1) is 11.9. The number of rotatable bonds is 1. The highest BCUT2D eigenvalue weighted by Crippen LogP contribution is 2.33. The van der Waals surface area contributed by atoms with Crippen molar-refractivity contribution in [1.82, 2.24) is 9.97 Å². The molecule has 0 amide bonds. The summed E-state index contributed by atoms with van der Waals surface area (Å²) in [5.74, 6) is 0.316. The maximum absolute atomic E-state index is 6.16. The molecule has 4 heteroatoms. The highest BCUT2D eigenvalue weighted by atomic mass is 35.5. The molecular weight excluding hydrogens is 234 g/mol. The molecule has 0 spiro atoms. The zero-order valence-corrected chi connectivity index (χ0v) is 10.8. The number of hydrogen-bond acceptors (Lipinski definition) is 3. The summed E-state index contributed by atoms with van der Waals surface area (Å²) in [5, 5.41) is 0.419. The highest BCUT2D eigenvalue weighted by molar-refractivity contribution is 6.35. The fourth-order valence-corrected chi connectivity index (χ4v) is 2.30. The Balaban J connectivity index is 2.73. The van der Waals surface area contributed by atoms with E-state index in [1.165, 1.54) is 11.9 Å². The average molecular weight is 248 g/mol. The molecule has 0 saturated heterocycles. The molecule has 0 radical (unpaired) electrons. The van der Waals surface area contributed by atoms with Crippen molar-refractivity contribution in [3.05, 3.63) is 40.2 Å². The van der Waals surface area contributed by atoms with E-state index in [0.717, 1.165) is 16.7 Å². The maximum atomic E-state index is 6.16.